The van der Waals surface area contributed by atoms with Crippen LogP contribution in [0, 0.1) is 3.77 Å². The number of aromatic nitrogens is 1. The first-order valence-corrected chi connectivity index (χ1v) is 12.2. The van der Waals surface area contributed by atoms with Gasteiger partial charge in [-0.15, -0.1) is 0 Å². The van der Waals surface area contributed by atoms with Gasteiger partial charge in [-0.2, -0.15) is 0 Å². The summed E-state index contributed by atoms with van der Waals surface area (Å²) in [5.74, 6) is 0.518. The summed E-state index contributed by atoms with van der Waals surface area (Å²) < 4.78 is 13.8. The number of hydrogen-bond acceptors (Lipinski definition) is 6. The van der Waals surface area contributed by atoms with Crippen LogP contribution in [0.2, 0.25) is 0 Å². The maximum atomic E-state index is 13.5. The predicted octanol–water partition coefficient (Wildman–Crippen LogP) is 4.12. The average molecular weight is 562 g/mol. The first-order chi connectivity index (χ1) is 15.3. The van der Waals surface area contributed by atoms with Crippen molar-refractivity contribution in [3.05, 3.63) is 88.0 Å². The van der Waals surface area contributed by atoms with Crippen LogP contribution in [0.15, 0.2) is 61.9 Å². The Balaban J connectivity index is 1.93. The highest BCUT2D eigenvalue weighted by Crippen LogP contribution is 2.31. The van der Waals surface area contributed by atoms with E-state index in [0.29, 0.717) is 32.3 Å². The van der Waals surface area contributed by atoms with Crippen LogP contribution in [0.5, 0.6) is 0 Å². The summed E-state index contributed by atoms with van der Waals surface area (Å²) >= 11 is 3.37. The largest absolute Gasteiger partial charge is 0.463 e. The Labute approximate surface area is 203 Å². The second kappa shape index (κ2) is 9.19. The monoisotopic (exact) mass is 562 g/mol. The molecule has 1 aliphatic heterocycles. The van der Waals surface area contributed by atoms with E-state index in [2.05, 4.69) is 41.4 Å². The highest BCUT2D eigenvalue weighted by atomic mass is 127. The summed E-state index contributed by atoms with van der Waals surface area (Å²) in [6.45, 7) is 8.05. The van der Waals surface area contributed by atoms with Crippen LogP contribution in [0.25, 0.3) is 6.08 Å². The Morgan fingerprint density at radius 3 is 2.59 bits per heavy atom. The first kappa shape index (κ1) is 22.7. The van der Waals surface area contributed by atoms with Gasteiger partial charge in [0.05, 0.1) is 28.5 Å². The molecule has 0 unspecified atom stereocenters. The highest BCUT2D eigenvalue weighted by molar-refractivity contribution is 14.1. The van der Waals surface area contributed by atoms with E-state index in [4.69, 9.17) is 9.15 Å². The Kier molecular flexibility index (Phi) is 6.52. The maximum absolute atomic E-state index is 13.5. The van der Waals surface area contributed by atoms with Crippen LogP contribution < -0.4 is 14.9 Å². The summed E-state index contributed by atoms with van der Waals surface area (Å²) in [7, 11) is 0. The second-order valence-electron chi connectivity index (χ2n) is 7.77. The summed E-state index contributed by atoms with van der Waals surface area (Å²) in [4.78, 5) is 31.5. The van der Waals surface area contributed by atoms with E-state index in [-0.39, 0.29) is 12.2 Å². The van der Waals surface area contributed by atoms with Crippen molar-refractivity contribution in [2.75, 3.05) is 6.61 Å². The topological polar surface area (TPSA) is 73.8 Å². The lowest BCUT2D eigenvalue weighted by Crippen LogP contribution is -2.39. The average Bonchev–Trinajstić information content (AvgIpc) is 3.30. The van der Waals surface area contributed by atoms with Crippen molar-refractivity contribution in [3.8, 4) is 0 Å². The predicted molar refractivity (Wildman–Crippen MR) is 132 cm³/mol. The molecule has 0 saturated heterocycles. The van der Waals surface area contributed by atoms with Crippen molar-refractivity contribution in [2.24, 2.45) is 4.99 Å². The van der Waals surface area contributed by atoms with Gasteiger partial charge >= 0.3 is 5.97 Å². The summed E-state index contributed by atoms with van der Waals surface area (Å²) in [5.41, 5.74) is 2.75. The number of fused-ring (bicyclic) bond motifs is 1. The number of furan rings is 1. The van der Waals surface area contributed by atoms with Gasteiger partial charge in [0.1, 0.15) is 5.76 Å². The summed E-state index contributed by atoms with van der Waals surface area (Å²) in [6.07, 6.45) is 1.72. The number of esters is 1. The van der Waals surface area contributed by atoms with Crippen LogP contribution in [-0.2, 0) is 9.53 Å². The van der Waals surface area contributed by atoms with Gasteiger partial charge in [-0.3, -0.25) is 9.36 Å². The minimum Gasteiger partial charge on any atom is -0.463 e. The van der Waals surface area contributed by atoms with Gasteiger partial charge in [-0.05, 0) is 65.6 Å². The molecule has 0 fully saturated rings. The normalized spacial score (nSPS) is 16.3. The van der Waals surface area contributed by atoms with Gasteiger partial charge in [0.2, 0.25) is 0 Å². The van der Waals surface area contributed by atoms with Gasteiger partial charge in [0.25, 0.3) is 5.56 Å². The lowest BCUT2D eigenvalue weighted by atomic mass is 9.93. The minimum absolute atomic E-state index is 0.215. The first-order valence-electron chi connectivity index (χ1n) is 10.3. The van der Waals surface area contributed by atoms with Crippen molar-refractivity contribution in [1.82, 2.24) is 4.57 Å². The zero-order valence-electron chi connectivity index (χ0n) is 18.2. The van der Waals surface area contributed by atoms with Gasteiger partial charge < -0.3 is 9.15 Å². The van der Waals surface area contributed by atoms with E-state index in [1.54, 1.807) is 24.5 Å². The van der Waals surface area contributed by atoms with Crippen LogP contribution in [0.4, 0.5) is 0 Å². The molecule has 166 valence electrons. The molecule has 4 rings (SSSR count). The third kappa shape index (κ3) is 4.25. The van der Waals surface area contributed by atoms with E-state index in [0.717, 1.165) is 9.33 Å². The van der Waals surface area contributed by atoms with Crippen LogP contribution in [-0.4, -0.2) is 17.1 Å². The molecular formula is C24H23IN2O4S. The van der Waals surface area contributed by atoms with Gasteiger partial charge in [-0.1, -0.05) is 49.4 Å². The van der Waals surface area contributed by atoms with Gasteiger partial charge in [0.15, 0.2) is 8.57 Å². The molecule has 0 saturated carbocycles. The summed E-state index contributed by atoms with van der Waals surface area (Å²) in [6, 6.07) is 11.1. The zero-order valence-corrected chi connectivity index (χ0v) is 21.2. The number of nitrogens with zero attached hydrogens (tertiary/aromatic N) is 2. The Hall–Kier alpha value is -2.46. The van der Waals surface area contributed by atoms with Crippen LogP contribution in [0.1, 0.15) is 56.5 Å². The van der Waals surface area contributed by atoms with Crippen molar-refractivity contribution in [1.29, 1.82) is 0 Å². The molecule has 0 radical (unpaired) electrons. The van der Waals surface area contributed by atoms with E-state index in [1.165, 1.54) is 16.9 Å². The van der Waals surface area contributed by atoms with E-state index in [1.807, 2.05) is 36.4 Å². The number of benzene rings is 1. The third-order valence-corrected chi connectivity index (χ3v) is 6.87. The molecule has 0 N–H and O–H groups in total. The number of hydrogen-bond donors (Lipinski definition) is 0. The molecule has 1 aliphatic rings. The van der Waals surface area contributed by atoms with Crippen molar-refractivity contribution >= 4 is 46.0 Å². The molecule has 3 aromatic rings. The van der Waals surface area contributed by atoms with E-state index >= 15 is 0 Å². The molecule has 0 spiro atoms. The number of halogens is 1. The Morgan fingerprint density at radius 1 is 1.28 bits per heavy atom. The molecule has 6 nitrogen and oxygen atoms in total. The number of thiazole rings is 1. The molecular weight excluding hydrogens is 539 g/mol. The van der Waals surface area contributed by atoms with Crippen molar-refractivity contribution in [2.45, 2.75) is 39.7 Å². The third-order valence-electron chi connectivity index (χ3n) is 5.30. The smallest absolute Gasteiger partial charge is 0.338 e. The zero-order chi connectivity index (χ0) is 23.0. The van der Waals surface area contributed by atoms with Gasteiger partial charge in [-0.25, -0.2) is 9.79 Å². The fourth-order valence-electron chi connectivity index (χ4n) is 3.71. The summed E-state index contributed by atoms with van der Waals surface area (Å²) in [5, 5.41) is 0. The molecule has 0 bridgehead atoms. The maximum Gasteiger partial charge on any atom is 0.338 e. The van der Waals surface area contributed by atoms with Crippen LogP contribution >= 0.6 is 33.9 Å². The molecule has 1 atom stereocenters. The standard InChI is InChI=1S/C24H23IN2O4S/c1-5-30-23(29)20-14(4)26-24-27(21(20)16-8-6-15(7-9-16)13(2)3)22(28)18(32-24)12-17-10-11-19(25)31-17/h6-13,21H,5H2,1-4H3/b18-12+/t21-/m0/s1. The minimum atomic E-state index is -0.606. The van der Waals surface area contributed by atoms with Gasteiger partial charge in [0, 0.05) is 6.08 Å². The molecule has 32 heavy (non-hydrogen) atoms. The fourth-order valence-corrected chi connectivity index (χ4v) is 5.17. The van der Waals surface area contributed by atoms with E-state index < -0.39 is 12.0 Å². The van der Waals surface area contributed by atoms with Crippen LogP contribution in [0.3, 0.4) is 0 Å². The number of ether oxygens (including phenoxy) is 1. The van der Waals surface area contributed by atoms with E-state index in [9.17, 15) is 9.59 Å². The number of rotatable bonds is 5. The number of allylic oxidation sites excluding steroid dienone is 1. The lowest BCUT2D eigenvalue weighted by Gasteiger charge is -2.25. The molecule has 3 heterocycles. The Morgan fingerprint density at radius 2 is 2.00 bits per heavy atom. The molecule has 0 amide bonds. The fraction of sp³-hybridized carbons (Fsp3) is 0.292. The quantitative estimate of drug-likeness (QED) is 0.347. The number of carbonyl (C=O) groups is 1. The van der Waals surface area contributed by atoms with Crippen molar-refractivity contribution in [3.63, 3.8) is 0 Å². The second-order valence-corrected chi connectivity index (χ2v) is 9.84. The van der Waals surface area contributed by atoms with Crippen molar-refractivity contribution < 1.29 is 13.9 Å². The molecule has 2 aromatic heterocycles. The number of carbonyl (C=O) groups excluding carboxylic acids is 1. The SMILES string of the molecule is CCOC(=O)C1=C(C)N=c2s/c(=C/c3ccc(I)o3)c(=O)n2[C@H]1c1ccc(C(C)C)cc1. The Bertz CT molecular complexity index is 1380. The molecule has 8 heteroatoms. The highest BCUT2D eigenvalue weighted by Gasteiger charge is 2.33. The lowest BCUT2D eigenvalue weighted by molar-refractivity contribution is -0.139. The molecule has 0 aliphatic carbocycles. The molecule has 1 aromatic carbocycles.